The van der Waals surface area contributed by atoms with Gasteiger partial charge in [0.2, 0.25) is 0 Å². The second-order valence-corrected chi connectivity index (χ2v) is 6.05. The van der Waals surface area contributed by atoms with Crippen molar-refractivity contribution in [2.24, 2.45) is 0 Å². The molecule has 2 aromatic carbocycles. The lowest BCUT2D eigenvalue weighted by Crippen LogP contribution is -2.22. The number of urea groups is 1. The van der Waals surface area contributed by atoms with Gasteiger partial charge in [0.25, 0.3) is 0 Å². The highest BCUT2D eigenvalue weighted by atomic mass is 16.5. The third-order valence-electron chi connectivity index (χ3n) is 4.24. The smallest absolute Gasteiger partial charge is 0.338 e. The highest BCUT2D eigenvalue weighted by Crippen LogP contribution is 2.23. The quantitative estimate of drug-likeness (QED) is 0.696. The van der Waals surface area contributed by atoms with Gasteiger partial charge < -0.3 is 20.3 Å². The maximum atomic E-state index is 12.3. The molecule has 6 heteroatoms. The van der Waals surface area contributed by atoms with Crippen LogP contribution in [-0.2, 0) is 4.74 Å². The molecule has 0 fully saturated rings. The van der Waals surface area contributed by atoms with Crippen LogP contribution in [0.15, 0.2) is 42.5 Å². The molecule has 0 radical (unpaired) electrons. The van der Waals surface area contributed by atoms with E-state index in [4.69, 9.17) is 4.74 Å². The minimum atomic E-state index is -0.377. The molecular formula is C21H27N3O3. The van der Waals surface area contributed by atoms with Crippen LogP contribution in [0.5, 0.6) is 0 Å². The molecule has 144 valence electrons. The minimum Gasteiger partial charge on any atom is -0.462 e. The monoisotopic (exact) mass is 369 g/mol. The standard InChI is InChI=1S/C21H27N3O3/c1-5-24(6-2)18-12-13-19(15(4)14-18)23-21(26)22-17-10-8-16(9-11-17)20(25)27-7-3/h8-14H,5-7H2,1-4H3,(H2,22,23,26). The van der Waals surface area contributed by atoms with Gasteiger partial charge in [-0.15, -0.1) is 0 Å². The molecule has 27 heavy (non-hydrogen) atoms. The van der Waals surface area contributed by atoms with Gasteiger partial charge in [-0.05, 0) is 75.7 Å². The van der Waals surface area contributed by atoms with Crippen molar-refractivity contribution in [1.82, 2.24) is 0 Å². The number of rotatable bonds is 7. The summed E-state index contributed by atoms with van der Waals surface area (Å²) >= 11 is 0. The van der Waals surface area contributed by atoms with Gasteiger partial charge in [-0.1, -0.05) is 0 Å². The Morgan fingerprint density at radius 2 is 1.63 bits per heavy atom. The first-order chi connectivity index (χ1) is 13.0. The molecular weight excluding hydrogens is 342 g/mol. The van der Waals surface area contributed by atoms with Crippen LogP contribution in [0.4, 0.5) is 21.9 Å². The summed E-state index contributed by atoms with van der Waals surface area (Å²) in [7, 11) is 0. The fourth-order valence-electron chi connectivity index (χ4n) is 2.76. The van der Waals surface area contributed by atoms with Crippen molar-refractivity contribution in [2.75, 3.05) is 35.2 Å². The average molecular weight is 369 g/mol. The molecule has 0 aliphatic carbocycles. The molecule has 0 spiro atoms. The van der Waals surface area contributed by atoms with E-state index in [1.54, 1.807) is 31.2 Å². The number of amides is 2. The third kappa shape index (κ3) is 5.48. The van der Waals surface area contributed by atoms with Gasteiger partial charge in [0.1, 0.15) is 0 Å². The molecule has 0 bridgehead atoms. The molecule has 6 nitrogen and oxygen atoms in total. The van der Waals surface area contributed by atoms with E-state index in [-0.39, 0.29) is 12.0 Å². The Hall–Kier alpha value is -3.02. The molecule has 2 N–H and O–H groups in total. The highest BCUT2D eigenvalue weighted by molar-refractivity contribution is 6.00. The molecule has 2 rings (SSSR count). The van der Waals surface area contributed by atoms with E-state index in [2.05, 4.69) is 35.4 Å². The van der Waals surface area contributed by atoms with Crippen LogP contribution in [0.1, 0.15) is 36.7 Å². The molecule has 0 heterocycles. The number of ether oxygens (including phenoxy) is 1. The summed E-state index contributed by atoms with van der Waals surface area (Å²) in [6.45, 7) is 10.2. The van der Waals surface area contributed by atoms with E-state index in [1.165, 1.54) is 0 Å². The van der Waals surface area contributed by atoms with Gasteiger partial charge in [0.05, 0.1) is 12.2 Å². The second kappa shape index (κ2) is 9.62. The summed E-state index contributed by atoms with van der Waals surface area (Å²) < 4.78 is 4.94. The number of nitrogens with one attached hydrogen (secondary N) is 2. The molecule has 0 aliphatic heterocycles. The van der Waals surface area contributed by atoms with E-state index >= 15 is 0 Å². The molecule has 0 saturated heterocycles. The number of aryl methyl sites for hydroxylation is 1. The van der Waals surface area contributed by atoms with Crippen LogP contribution in [0, 0.1) is 6.92 Å². The number of hydrogen-bond acceptors (Lipinski definition) is 4. The molecule has 0 aromatic heterocycles. The molecule has 2 aromatic rings. The summed E-state index contributed by atoms with van der Waals surface area (Å²) in [6, 6.07) is 12.2. The van der Waals surface area contributed by atoms with Crippen LogP contribution >= 0.6 is 0 Å². The Morgan fingerprint density at radius 3 is 2.19 bits per heavy atom. The zero-order chi connectivity index (χ0) is 19.8. The van der Waals surface area contributed by atoms with Crippen LogP contribution in [0.3, 0.4) is 0 Å². The van der Waals surface area contributed by atoms with Crippen molar-refractivity contribution in [3.63, 3.8) is 0 Å². The fraction of sp³-hybridized carbons (Fsp3) is 0.333. The van der Waals surface area contributed by atoms with Crippen molar-refractivity contribution in [3.8, 4) is 0 Å². The maximum absolute atomic E-state index is 12.3. The lowest BCUT2D eigenvalue weighted by molar-refractivity contribution is 0.0526. The molecule has 0 aliphatic rings. The van der Waals surface area contributed by atoms with Gasteiger partial charge in [-0.3, -0.25) is 0 Å². The summed E-state index contributed by atoms with van der Waals surface area (Å²) in [5, 5.41) is 5.62. The largest absolute Gasteiger partial charge is 0.462 e. The van der Waals surface area contributed by atoms with Crippen LogP contribution in [0.25, 0.3) is 0 Å². The number of nitrogens with zero attached hydrogens (tertiary/aromatic N) is 1. The number of carbonyl (C=O) groups is 2. The molecule has 0 unspecified atom stereocenters. The molecule has 0 atom stereocenters. The lowest BCUT2D eigenvalue weighted by atomic mass is 10.1. The van der Waals surface area contributed by atoms with Crippen LogP contribution < -0.4 is 15.5 Å². The normalized spacial score (nSPS) is 10.2. The topological polar surface area (TPSA) is 70.7 Å². The first-order valence-corrected chi connectivity index (χ1v) is 9.19. The number of hydrogen-bond donors (Lipinski definition) is 2. The first kappa shape index (κ1) is 20.3. The van der Waals surface area contributed by atoms with Crippen molar-refractivity contribution in [2.45, 2.75) is 27.7 Å². The summed E-state index contributed by atoms with van der Waals surface area (Å²) in [4.78, 5) is 26.2. The maximum Gasteiger partial charge on any atom is 0.338 e. The van der Waals surface area contributed by atoms with Crippen LogP contribution in [0.2, 0.25) is 0 Å². The molecule has 0 saturated carbocycles. The molecule has 2 amide bonds. The van der Waals surface area contributed by atoms with E-state index in [1.807, 2.05) is 19.1 Å². The summed E-state index contributed by atoms with van der Waals surface area (Å²) in [5.41, 5.74) is 3.93. The predicted molar refractivity (Wildman–Crippen MR) is 110 cm³/mol. The van der Waals surface area contributed by atoms with Gasteiger partial charge in [0, 0.05) is 30.2 Å². The van der Waals surface area contributed by atoms with E-state index in [9.17, 15) is 9.59 Å². The zero-order valence-corrected chi connectivity index (χ0v) is 16.3. The predicted octanol–water partition coefficient (Wildman–Crippen LogP) is 4.66. The minimum absolute atomic E-state index is 0.327. The Kier molecular flexibility index (Phi) is 7.23. The van der Waals surface area contributed by atoms with E-state index < -0.39 is 0 Å². The van der Waals surface area contributed by atoms with Gasteiger partial charge in [-0.2, -0.15) is 0 Å². The number of benzene rings is 2. The SMILES string of the molecule is CCOC(=O)c1ccc(NC(=O)Nc2ccc(N(CC)CC)cc2C)cc1. The third-order valence-corrected chi connectivity index (χ3v) is 4.24. The summed E-state index contributed by atoms with van der Waals surface area (Å²) in [6.07, 6.45) is 0. The van der Waals surface area contributed by atoms with Crippen LogP contribution in [-0.4, -0.2) is 31.7 Å². The van der Waals surface area contributed by atoms with E-state index in [0.29, 0.717) is 17.9 Å². The van der Waals surface area contributed by atoms with Gasteiger partial charge >= 0.3 is 12.0 Å². The Labute approximate surface area is 160 Å². The van der Waals surface area contributed by atoms with Gasteiger partial charge in [0.15, 0.2) is 0 Å². The van der Waals surface area contributed by atoms with E-state index in [0.717, 1.165) is 30.0 Å². The van der Waals surface area contributed by atoms with Crippen molar-refractivity contribution >= 4 is 29.1 Å². The number of anilines is 3. The van der Waals surface area contributed by atoms with Crippen molar-refractivity contribution < 1.29 is 14.3 Å². The second-order valence-electron chi connectivity index (χ2n) is 6.05. The number of esters is 1. The Bertz CT molecular complexity index is 784. The Morgan fingerprint density at radius 1 is 0.963 bits per heavy atom. The average Bonchev–Trinajstić information content (AvgIpc) is 2.65. The van der Waals surface area contributed by atoms with Crippen molar-refractivity contribution in [3.05, 3.63) is 53.6 Å². The number of carbonyl (C=O) groups excluding carboxylic acids is 2. The Balaban J connectivity index is 2.00. The van der Waals surface area contributed by atoms with Crippen molar-refractivity contribution in [1.29, 1.82) is 0 Å². The lowest BCUT2D eigenvalue weighted by Gasteiger charge is -2.22. The fourth-order valence-corrected chi connectivity index (χ4v) is 2.76. The summed E-state index contributed by atoms with van der Waals surface area (Å²) in [5.74, 6) is -0.377. The highest BCUT2D eigenvalue weighted by Gasteiger charge is 2.09. The zero-order valence-electron chi connectivity index (χ0n) is 16.3. The first-order valence-electron chi connectivity index (χ1n) is 9.19. The van der Waals surface area contributed by atoms with Gasteiger partial charge in [-0.25, -0.2) is 9.59 Å².